The van der Waals surface area contributed by atoms with Gasteiger partial charge in [0.2, 0.25) is 0 Å². The number of hydrogen-bond donors (Lipinski definition) is 0. The third-order valence-electron chi connectivity index (χ3n) is 4.16. The molecule has 1 aliphatic heterocycles. The normalized spacial score (nSPS) is 16.7. The van der Waals surface area contributed by atoms with Gasteiger partial charge in [0, 0.05) is 32.4 Å². The van der Waals surface area contributed by atoms with Crippen molar-refractivity contribution in [3.8, 4) is 0 Å². The van der Waals surface area contributed by atoms with Crippen molar-refractivity contribution >= 4 is 5.69 Å². The van der Waals surface area contributed by atoms with Crippen LogP contribution in [-0.4, -0.2) is 42.6 Å². The van der Waals surface area contributed by atoms with Crippen LogP contribution in [0.1, 0.15) is 12.0 Å². The minimum atomic E-state index is 1.10. The van der Waals surface area contributed by atoms with Crippen molar-refractivity contribution in [1.29, 1.82) is 0 Å². The number of anilines is 1. The molecule has 21 heavy (non-hydrogen) atoms. The predicted molar refractivity (Wildman–Crippen MR) is 87.7 cm³/mol. The molecular formula is C18H23N3. The van der Waals surface area contributed by atoms with Gasteiger partial charge in [-0.2, -0.15) is 0 Å². The van der Waals surface area contributed by atoms with E-state index in [-0.39, 0.29) is 0 Å². The summed E-state index contributed by atoms with van der Waals surface area (Å²) in [6.07, 6.45) is 6.19. The zero-order valence-corrected chi connectivity index (χ0v) is 12.5. The molecule has 0 amide bonds. The first-order chi connectivity index (χ1) is 10.4. The summed E-state index contributed by atoms with van der Waals surface area (Å²) in [5, 5.41) is 0. The van der Waals surface area contributed by atoms with Crippen molar-refractivity contribution in [2.75, 3.05) is 37.6 Å². The molecule has 110 valence electrons. The van der Waals surface area contributed by atoms with Crippen molar-refractivity contribution in [1.82, 2.24) is 9.88 Å². The Kier molecular flexibility index (Phi) is 4.85. The molecule has 1 saturated heterocycles. The predicted octanol–water partition coefficient (Wildman–Crippen LogP) is 2.84. The van der Waals surface area contributed by atoms with E-state index in [0.717, 1.165) is 32.6 Å². The van der Waals surface area contributed by atoms with Gasteiger partial charge in [0.25, 0.3) is 0 Å². The van der Waals surface area contributed by atoms with E-state index in [1.165, 1.54) is 24.2 Å². The molecule has 3 nitrogen and oxygen atoms in total. The summed E-state index contributed by atoms with van der Waals surface area (Å²) in [5.41, 5.74) is 2.69. The summed E-state index contributed by atoms with van der Waals surface area (Å²) < 4.78 is 0. The zero-order chi connectivity index (χ0) is 14.3. The van der Waals surface area contributed by atoms with Crippen molar-refractivity contribution in [2.24, 2.45) is 0 Å². The Balaban J connectivity index is 1.51. The minimum Gasteiger partial charge on any atom is -0.369 e. The highest BCUT2D eigenvalue weighted by atomic mass is 15.2. The van der Waals surface area contributed by atoms with Gasteiger partial charge in [-0.25, -0.2) is 0 Å². The zero-order valence-electron chi connectivity index (χ0n) is 12.5. The Morgan fingerprint density at radius 3 is 2.62 bits per heavy atom. The Bertz CT molecular complexity index is 527. The van der Waals surface area contributed by atoms with E-state index in [4.69, 9.17) is 0 Å². The summed E-state index contributed by atoms with van der Waals surface area (Å²) in [6, 6.07) is 15.0. The smallest absolute Gasteiger partial charge is 0.0553 e. The third-order valence-corrected chi connectivity index (χ3v) is 4.16. The standard InChI is InChI=1S/C18H23N3/c1-2-6-17(7-3-1)9-13-20-11-5-12-21(15-14-20)18-8-4-10-19-16-18/h1-4,6-8,10,16H,5,9,11-15H2. The molecule has 0 N–H and O–H groups in total. The van der Waals surface area contributed by atoms with E-state index in [9.17, 15) is 0 Å². The Hall–Kier alpha value is -1.87. The second-order valence-electron chi connectivity index (χ2n) is 5.63. The van der Waals surface area contributed by atoms with Gasteiger partial charge in [0.15, 0.2) is 0 Å². The first-order valence-corrected chi connectivity index (χ1v) is 7.83. The lowest BCUT2D eigenvalue weighted by molar-refractivity contribution is 0.297. The lowest BCUT2D eigenvalue weighted by Gasteiger charge is -2.23. The Labute approximate surface area is 127 Å². The molecule has 0 unspecified atom stereocenters. The van der Waals surface area contributed by atoms with Gasteiger partial charge in [-0.15, -0.1) is 0 Å². The fourth-order valence-electron chi connectivity index (χ4n) is 2.93. The Morgan fingerprint density at radius 2 is 1.81 bits per heavy atom. The maximum atomic E-state index is 4.23. The van der Waals surface area contributed by atoms with Gasteiger partial charge in [-0.05, 0) is 37.1 Å². The van der Waals surface area contributed by atoms with Crippen molar-refractivity contribution in [3.63, 3.8) is 0 Å². The number of hydrogen-bond acceptors (Lipinski definition) is 3. The molecule has 2 heterocycles. The van der Waals surface area contributed by atoms with Gasteiger partial charge in [-0.3, -0.25) is 4.98 Å². The van der Waals surface area contributed by atoms with Crippen LogP contribution in [0.3, 0.4) is 0 Å². The van der Waals surface area contributed by atoms with Crippen molar-refractivity contribution in [3.05, 3.63) is 60.4 Å². The van der Waals surface area contributed by atoms with Gasteiger partial charge in [-0.1, -0.05) is 30.3 Å². The van der Waals surface area contributed by atoms with Crippen LogP contribution in [0.5, 0.6) is 0 Å². The second-order valence-corrected chi connectivity index (χ2v) is 5.63. The first kappa shape index (κ1) is 14.1. The van der Waals surface area contributed by atoms with Gasteiger partial charge >= 0.3 is 0 Å². The highest BCUT2D eigenvalue weighted by Crippen LogP contribution is 2.14. The molecule has 2 aromatic rings. The van der Waals surface area contributed by atoms with Crippen LogP contribution in [0.4, 0.5) is 5.69 Å². The fourth-order valence-corrected chi connectivity index (χ4v) is 2.93. The van der Waals surface area contributed by atoms with Gasteiger partial charge in [0.05, 0.1) is 11.9 Å². The molecule has 3 heteroatoms. The molecule has 0 spiro atoms. The SMILES string of the molecule is c1ccc(CCN2CCCN(c3cccnc3)CC2)cc1. The Morgan fingerprint density at radius 1 is 0.905 bits per heavy atom. The number of benzene rings is 1. The van der Waals surface area contributed by atoms with Crippen LogP contribution in [0.15, 0.2) is 54.9 Å². The second kappa shape index (κ2) is 7.23. The summed E-state index contributed by atoms with van der Waals surface area (Å²) in [5.74, 6) is 0. The van der Waals surface area contributed by atoms with Crippen molar-refractivity contribution in [2.45, 2.75) is 12.8 Å². The quantitative estimate of drug-likeness (QED) is 0.859. The van der Waals surface area contributed by atoms with E-state index in [0.29, 0.717) is 0 Å². The average molecular weight is 281 g/mol. The fraction of sp³-hybridized carbons (Fsp3) is 0.389. The molecule has 1 aliphatic rings. The topological polar surface area (TPSA) is 19.4 Å². The van der Waals surface area contributed by atoms with E-state index in [2.05, 4.69) is 51.2 Å². The van der Waals surface area contributed by atoms with Crippen LogP contribution in [0, 0.1) is 0 Å². The number of pyridine rings is 1. The van der Waals surface area contributed by atoms with E-state index in [1.807, 2.05) is 18.5 Å². The van der Waals surface area contributed by atoms with Crippen LogP contribution >= 0.6 is 0 Å². The van der Waals surface area contributed by atoms with Crippen LogP contribution in [0.2, 0.25) is 0 Å². The number of nitrogens with zero attached hydrogens (tertiary/aromatic N) is 3. The third kappa shape index (κ3) is 4.05. The summed E-state index contributed by atoms with van der Waals surface area (Å²) in [7, 11) is 0. The molecule has 0 atom stereocenters. The maximum absolute atomic E-state index is 4.23. The molecule has 1 aromatic carbocycles. The highest BCUT2D eigenvalue weighted by Gasteiger charge is 2.14. The van der Waals surface area contributed by atoms with Crippen LogP contribution in [0.25, 0.3) is 0 Å². The maximum Gasteiger partial charge on any atom is 0.0553 e. The lowest BCUT2D eigenvalue weighted by Crippen LogP contribution is -2.32. The van der Waals surface area contributed by atoms with E-state index < -0.39 is 0 Å². The van der Waals surface area contributed by atoms with E-state index in [1.54, 1.807) is 0 Å². The molecule has 1 aromatic heterocycles. The molecule has 0 bridgehead atoms. The van der Waals surface area contributed by atoms with Gasteiger partial charge < -0.3 is 9.80 Å². The molecule has 0 aliphatic carbocycles. The van der Waals surface area contributed by atoms with Crippen molar-refractivity contribution < 1.29 is 0 Å². The highest BCUT2D eigenvalue weighted by molar-refractivity contribution is 5.43. The summed E-state index contributed by atoms with van der Waals surface area (Å²) >= 11 is 0. The molecule has 0 saturated carbocycles. The van der Waals surface area contributed by atoms with Gasteiger partial charge in [0.1, 0.15) is 0 Å². The monoisotopic (exact) mass is 281 g/mol. The van der Waals surface area contributed by atoms with E-state index >= 15 is 0 Å². The first-order valence-electron chi connectivity index (χ1n) is 7.83. The number of aromatic nitrogens is 1. The lowest BCUT2D eigenvalue weighted by atomic mass is 10.1. The number of rotatable bonds is 4. The minimum absolute atomic E-state index is 1.10. The average Bonchev–Trinajstić information content (AvgIpc) is 2.80. The molecule has 0 radical (unpaired) electrons. The molecular weight excluding hydrogens is 258 g/mol. The summed E-state index contributed by atoms with van der Waals surface area (Å²) in [6.45, 7) is 5.73. The summed E-state index contributed by atoms with van der Waals surface area (Å²) in [4.78, 5) is 9.27. The molecule has 3 rings (SSSR count). The van der Waals surface area contributed by atoms with Crippen LogP contribution in [-0.2, 0) is 6.42 Å². The van der Waals surface area contributed by atoms with Crippen LogP contribution < -0.4 is 4.90 Å². The largest absolute Gasteiger partial charge is 0.369 e. The molecule has 1 fully saturated rings.